The average molecular weight is 436 g/mol. The number of halogens is 1. The van der Waals surface area contributed by atoms with Gasteiger partial charge in [0, 0.05) is 36.3 Å². The van der Waals surface area contributed by atoms with Crippen LogP contribution in [0.2, 0.25) is 0 Å². The Morgan fingerprint density at radius 1 is 1.26 bits per heavy atom. The van der Waals surface area contributed by atoms with Crippen molar-refractivity contribution < 1.29 is 9.18 Å². The van der Waals surface area contributed by atoms with Crippen LogP contribution in [0.25, 0.3) is 15.9 Å². The Hall–Kier alpha value is -3.10. The largest absolute Gasteiger partial charge is 0.351 e. The third-order valence-corrected chi connectivity index (χ3v) is 6.85. The van der Waals surface area contributed by atoms with E-state index in [0.717, 1.165) is 44.8 Å². The van der Waals surface area contributed by atoms with Crippen LogP contribution in [-0.2, 0) is 19.5 Å². The molecule has 1 aromatic carbocycles. The van der Waals surface area contributed by atoms with E-state index >= 15 is 0 Å². The monoisotopic (exact) mass is 435 g/mol. The summed E-state index contributed by atoms with van der Waals surface area (Å²) >= 11 is 1.41. The van der Waals surface area contributed by atoms with Gasteiger partial charge in [-0.15, -0.1) is 11.3 Å². The molecule has 158 valence electrons. The normalized spacial score (nSPS) is 13.0. The van der Waals surface area contributed by atoms with Crippen LogP contribution in [0.1, 0.15) is 37.7 Å². The number of pyridine rings is 1. The van der Waals surface area contributed by atoms with Crippen molar-refractivity contribution in [2.75, 3.05) is 6.54 Å². The molecule has 1 aliphatic heterocycles. The quantitative estimate of drug-likeness (QED) is 0.500. The number of hydrogen-bond acceptors (Lipinski definition) is 5. The van der Waals surface area contributed by atoms with E-state index < -0.39 is 0 Å². The van der Waals surface area contributed by atoms with Crippen molar-refractivity contribution in [2.24, 2.45) is 0 Å². The van der Waals surface area contributed by atoms with Crippen LogP contribution in [-0.4, -0.2) is 27.2 Å². The molecule has 3 aromatic heterocycles. The number of nitrogens with one attached hydrogen (secondary N) is 2. The van der Waals surface area contributed by atoms with Gasteiger partial charge in [0.05, 0.1) is 16.8 Å². The first kappa shape index (κ1) is 19.8. The predicted octanol–water partition coefficient (Wildman–Crippen LogP) is 3.81. The smallest absolute Gasteiger partial charge is 0.261 e. The van der Waals surface area contributed by atoms with Crippen molar-refractivity contribution in [1.82, 2.24) is 25.4 Å². The molecule has 6 nitrogen and oxygen atoms in total. The second-order valence-electron chi connectivity index (χ2n) is 7.79. The van der Waals surface area contributed by atoms with Gasteiger partial charge in [-0.2, -0.15) is 5.10 Å². The Kier molecular flexibility index (Phi) is 5.03. The molecule has 8 heteroatoms. The zero-order valence-electron chi connectivity index (χ0n) is 17.3. The number of thiophene rings is 1. The Morgan fingerprint density at radius 3 is 2.97 bits per heavy atom. The summed E-state index contributed by atoms with van der Waals surface area (Å²) in [5, 5.41) is 11.5. The fourth-order valence-electron chi connectivity index (χ4n) is 3.95. The lowest BCUT2D eigenvalue weighted by Crippen LogP contribution is -2.25. The molecule has 1 amide bonds. The number of carbonyl (C=O) groups excluding carboxylic acids is 1. The van der Waals surface area contributed by atoms with Gasteiger partial charge < -0.3 is 10.6 Å². The summed E-state index contributed by atoms with van der Waals surface area (Å²) in [6.07, 6.45) is 2.33. The van der Waals surface area contributed by atoms with E-state index in [4.69, 9.17) is 0 Å². The summed E-state index contributed by atoms with van der Waals surface area (Å²) in [5.41, 5.74) is 5.26. The molecule has 0 saturated heterocycles. The number of carbonyl (C=O) groups is 1. The molecule has 4 aromatic rings. The van der Waals surface area contributed by atoms with Gasteiger partial charge in [-0.1, -0.05) is 6.07 Å². The highest BCUT2D eigenvalue weighted by Gasteiger charge is 2.19. The zero-order chi connectivity index (χ0) is 21.5. The molecule has 1 aliphatic rings. The molecule has 0 bridgehead atoms. The second-order valence-corrected chi connectivity index (χ2v) is 8.78. The molecule has 5 rings (SSSR count). The average Bonchev–Trinajstić information content (AvgIpc) is 3.43. The van der Waals surface area contributed by atoms with Crippen molar-refractivity contribution in [3.05, 3.63) is 75.3 Å². The summed E-state index contributed by atoms with van der Waals surface area (Å²) in [7, 11) is 0. The van der Waals surface area contributed by atoms with Gasteiger partial charge in [0.15, 0.2) is 0 Å². The fraction of sp³-hybridized carbons (Fsp3) is 0.261. The van der Waals surface area contributed by atoms with Gasteiger partial charge in [0.25, 0.3) is 5.91 Å². The molecule has 0 unspecified atom stereocenters. The first-order valence-electron chi connectivity index (χ1n) is 10.2. The molecule has 0 fully saturated rings. The van der Waals surface area contributed by atoms with Crippen LogP contribution in [0.3, 0.4) is 0 Å². The first-order valence-corrected chi connectivity index (χ1v) is 11.0. The van der Waals surface area contributed by atoms with Crippen LogP contribution in [0.4, 0.5) is 4.39 Å². The number of benzene rings is 1. The lowest BCUT2D eigenvalue weighted by Gasteiger charge is -2.09. The molecule has 0 radical (unpaired) electrons. The minimum Gasteiger partial charge on any atom is -0.351 e. The third-order valence-electron chi connectivity index (χ3n) is 5.65. The standard InChI is InChI=1S/C23H22FN5OS/c1-13-3-5-17-14(2)21(31-23(17)28-13)22(30)26-8-7-15-4-6-19(18(24)9-15)29-20-12-25-10-16(20)11-27-29/h3-6,9,11,25H,7-8,10,12H2,1-2H3,(H,26,30). The minimum absolute atomic E-state index is 0.116. The van der Waals surface area contributed by atoms with E-state index in [0.29, 0.717) is 30.1 Å². The van der Waals surface area contributed by atoms with E-state index in [-0.39, 0.29) is 11.7 Å². The fourth-order valence-corrected chi connectivity index (χ4v) is 5.10. The van der Waals surface area contributed by atoms with Crippen LogP contribution < -0.4 is 10.6 Å². The molecular formula is C23H22FN5OS. The highest BCUT2D eigenvalue weighted by molar-refractivity contribution is 7.20. The Balaban J connectivity index is 1.26. The predicted molar refractivity (Wildman–Crippen MR) is 119 cm³/mol. The number of rotatable bonds is 5. The summed E-state index contributed by atoms with van der Waals surface area (Å²) < 4.78 is 16.4. The van der Waals surface area contributed by atoms with E-state index in [1.54, 1.807) is 16.9 Å². The SMILES string of the molecule is Cc1ccc2c(C)c(C(=O)NCCc3ccc(-n4ncc5c4CNC5)c(F)c3)sc2n1. The highest BCUT2D eigenvalue weighted by Crippen LogP contribution is 2.29. The maximum atomic E-state index is 14.8. The first-order chi connectivity index (χ1) is 15.0. The van der Waals surface area contributed by atoms with Crippen molar-refractivity contribution in [1.29, 1.82) is 0 Å². The number of fused-ring (bicyclic) bond motifs is 2. The van der Waals surface area contributed by atoms with Crippen LogP contribution >= 0.6 is 11.3 Å². The van der Waals surface area contributed by atoms with Crippen LogP contribution in [0.15, 0.2) is 36.5 Å². The molecule has 0 spiro atoms. The Bertz CT molecular complexity index is 1310. The molecule has 4 heterocycles. The van der Waals surface area contributed by atoms with E-state index in [1.807, 2.05) is 32.0 Å². The summed E-state index contributed by atoms with van der Waals surface area (Å²) in [6, 6.07) is 9.13. The van der Waals surface area contributed by atoms with Gasteiger partial charge in [-0.25, -0.2) is 14.1 Å². The molecule has 2 N–H and O–H groups in total. The number of aryl methyl sites for hydroxylation is 2. The molecule has 0 atom stereocenters. The van der Waals surface area contributed by atoms with E-state index in [2.05, 4.69) is 20.7 Å². The van der Waals surface area contributed by atoms with E-state index in [1.165, 1.54) is 17.4 Å². The topological polar surface area (TPSA) is 71.8 Å². The second kappa shape index (κ2) is 7.86. The van der Waals surface area contributed by atoms with E-state index in [9.17, 15) is 9.18 Å². The third kappa shape index (κ3) is 3.62. The summed E-state index contributed by atoms with van der Waals surface area (Å²) in [6.45, 7) is 5.77. The van der Waals surface area contributed by atoms with Crippen LogP contribution in [0.5, 0.6) is 0 Å². The maximum absolute atomic E-state index is 14.8. The number of amides is 1. The lowest BCUT2D eigenvalue weighted by molar-refractivity contribution is 0.0957. The van der Waals surface area contributed by atoms with Crippen molar-refractivity contribution in [3.63, 3.8) is 0 Å². The summed E-state index contributed by atoms with van der Waals surface area (Å²) in [4.78, 5) is 18.7. The Labute approximate surface area is 183 Å². The number of nitrogens with zero attached hydrogens (tertiary/aromatic N) is 3. The summed E-state index contributed by atoms with van der Waals surface area (Å²) in [5.74, 6) is -0.432. The zero-order valence-corrected chi connectivity index (χ0v) is 18.1. The Morgan fingerprint density at radius 2 is 2.13 bits per heavy atom. The van der Waals surface area contributed by atoms with Gasteiger partial charge in [0.2, 0.25) is 0 Å². The number of aromatic nitrogens is 3. The lowest BCUT2D eigenvalue weighted by atomic mass is 10.1. The van der Waals surface area contributed by atoms with Gasteiger partial charge >= 0.3 is 0 Å². The molecule has 0 saturated carbocycles. The van der Waals surface area contributed by atoms with Crippen molar-refractivity contribution in [3.8, 4) is 5.69 Å². The molecular weight excluding hydrogens is 413 g/mol. The van der Waals surface area contributed by atoms with Gasteiger partial charge in [-0.3, -0.25) is 4.79 Å². The molecule has 31 heavy (non-hydrogen) atoms. The van der Waals surface area contributed by atoms with Gasteiger partial charge in [-0.05, 0) is 55.7 Å². The van der Waals surface area contributed by atoms with Crippen LogP contribution in [0, 0.1) is 19.7 Å². The minimum atomic E-state index is -0.316. The molecule has 0 aliphatic carbocycles. The van der Waals surface area contributed by atoms with Gasteiger partial charge in [0.1, 0.15) is 16.3 Å². The number of hydrogen-bond donors (Lipinski definition) is 2. The highest BCUT2D eigenvalue weighted by atomic mass is 32.1. The van der Waals surface area contributed by atoms with Crippen molar-refractivity contribution in [2.45, 2.75) is 33.4 Å². The van der Waals surface area contributed by atoms with Crippen molar-refractivity contribution >= 4 is 27.5 Å². The maximum Gasteiger partial charge on any atom is 0.261 e.